The number of allylic oxidation sites excluding steroid dienone is 5. The highest BCUT2D eigenvalue weighted by Crippen LogP contribution is 2.15. The van der Waals surface area contributed by atoms with Crippen molar-refractivity contribution in [3.05, 3.63) is 49.2 Å². The summed E-state index contributed by atoms with van der Waals surface area (Å²) >= 11 is 0. The molecular formula is C16H25N. The predicted molar refractivity (Wildman–Crippen MR) is 79.3 cm³/mol. The lowest BCUT2D eigenvalue weighted by atomic mass is 9.97. The van der Waals surface area contributed by atoms with Gasteiger partial charge in [0.05, 0.1) is 0 Å². The summed E-state index contributed by atoms with van der Waals surface area (Å²) in [6.45, 7) is 16.2. The number of aliphatic imine (C=N–C) groups is 1. The second-order valence-electron chi connectivity index (χ2n) is 4.51. The summed E-state index contributed by atoms with van der Waals surface area (Å²) in [5, 5.41) is 0. The molecule has 0 saturated carbocycles. The van der Waals surface area contributed by atoms with Crippen molar-refractivity contribution in [2.75, 3.05) is 0 Å². The Balaban J connectivity index is 4.54. The molecule has 0 aliphatic rings. The van der Waals surface area contributed by atoms with Gasteiger partial charge >= 0.3 is 0 Å². The number of hydrogen-bond donors (Lipinski definition) is 0. The van der Waals surface area contributed by atoms with Crippen LogP contribution >= 0.6 is 0 Å². The van der Waals surface area contributed by atoms with Crippen LogP contribution in [-0.4, -0.2) is 5.71 Å². The van der Waals surface area contributed by atoms with Crippen molar-refractivity contribution >= 4 is 5.71 Å². The summed E-state index contributed by atoms with van der Waals surface area (Å²) in [7, 11) is 0. The van der Waals surface area contributed by atoms with Crippen LogP contribution < -0.4 is 0 Å². The summed E-state index contributed by atoms with van der Waals surface area (Å²) < 4.78 is 0. The molecule has 1 heteroatoms. The lowest BCUT2D eigenvalue weighted by molar-refractivity contribution is 0.714. The average Bonchev–Trinajstić information content (AvgIpc) is 2.30. The molecule has 1 nitrogen and oxygen atoms in total. The summed E-state index contributed by atoms with van der Waals surface area (Å²) in [5.74, 6) is 0.877. The van der Waals surface area contributed by atoms with Gasteiger partial charge in [-0.15, -0.1) is 0 Å². The van der Waals surface area contributed by atoms with Crippen LogP contribution in [0.25, 0.3) is 0 Å². The Hall–Kier alpha value is -1.37. The molecule has 0 N–H and O–H groups in total. The minimum atomic E-state index is 0.405. The zero-order chi connectivity index (χ0) is 13.3. The maximum atomic E-state index is 4.26. The van der Waals surface area contributed by atoms with Gasteiger partial charge in [0, 0.05) is 11.9 Å². The summed E-state index contributed by atoms with van der Waals surface area (Å²) in [6, 6.07) is 0. The van der Waals surface area contributed by atoms with Gasteiger partial charge in [0.2, 0.25) is 0 Å². The molecule has 0 radical (unpaired) electrons. The first-order chi connectivity index (χ1) is 8.02. The third-order valence-electron chi connectivity index (χ3n) is 2.66. The van der Waals surface area contributed by atoms with Crippen molar-refractivity contribution in [2.45, 2.75) is 34.1 Å². The Morgan fingerprint density at radius 1 is 1.24 bits per heavy atom. The van der Waals surface area contributed by atoms with E-state index in [-0.39, 0.29) is 0 Å². The molecule has 0 heterocycles. The van der Waals surface area contributed by atoms with E-state index in [4.69, 9.17) is 0 Å². The van der Waals surface area contributed by atoms with Crippen LogP contribution in [0.2, 0.25) is 0 Å². The SMILES string of the molecule is C=C/N=C(\C=C/C(=C)C(C)C/C=C/C)C(C)C. The van der Waals surface area contributed by atoms with Crippen LogP contribution in [0.3, 0.4) is 0 Å². The van der Waals surface area contributed by atoms with E-state index in [1.54, 1.807) is 6.20 Å². The molecule has 17 heavy (non-hydrogen) atoms. The van der Waals surface area contributed by atoms with E-state index in [0.29, 0.717) is 11.8 Å². The lowest BCUT2D eigenvalue weighted by Crippen LogP contribution is -2.04. The van der Waals surface area contributed by atoms with Gasteiger partial charge in [-0.3, -0.25) is 4.99 Å². The van der Waals surface area contributed by atoms with E-state index in [1.165, 1.54) is 0 Å². The van der Waals surface area contributed by atoms with Crippen molar-refractivity contribution in [1.82, 2.24) is 0 Å². The smallest absolute Gasteiger partial charge is 0.0428 e. The fourth-order valence-electron chi connectivity index (χ4n) is 1.34. The normalized spacial score (nSPS) is 14.8. The van der Waals surface area contributed by atoms with Crippen LogP contribution in [0.15, 0.2) is 54.2 Å². The summed E-state index contributed by atoms with van der Waals surface area (Å²) in [6.07, 6.45) is 11.0. The van der Waals surface area contributed by atoms with Gasteiger partial charge in [0.25, 0.3) is 0 Å². The first-order valence-corrected chi connectivity index (χ1v) is 6.19. The first kappa shape index (κ1) is 15.6. The van der Waals surface area contributed by atoms with E-state index in [1.807, 2.05) is 13.0 Å². The van der Waals surface area contributed by atoms with Gasteiger partial charge in [0.1, 0.15) is 0 Å². The Labute approximate surface area is 106 Å². The van der Waals surface area contributed by atoms with Gasteiger partial charge in [0.15, 0.2) is 0 Å². The highest BCUT2D eigenvalue weighted by molar-refractivity contribution is 5.97. The van der Waals surface area contributed by atoms with E-state index in [9.17, 15) is 0 Å². The molecule has 0 rings (SSSR count). The highest BCUT2D eigenvalue weighted by Gasteiger charge is 2.03. The Morgan fingerprint density at radius 3 is 2.35 bits per heavy atom. The van der Waals surface area contributed by atoms with Crippen molar-refractivity contribution < 1.29 is 0 Å². The van der Waals surface area contributed by atoms with E-state index in [2.05, 4.69) is 57.1 Å². The third-order valence-corrected chi connectivity index (χ3v) is 2.66. The van der Waals surface area contributed by atoms with Gasteiger partial charge in [-0.2, -0.15) is 0 Å². The highest BCUT2D eigenvalue weighted by atomic mass is 14.7. The topological polar surface area (TPSA) is 12.4 Å². The second kappa shape index (κ2) is 8.74. The van der Waals surface area contributed by atoms with E-state index >= 15 is 0 Å². The monoisotopic (exact) mass is 231 g/mol. The first-order valence-electron chi connectivity index (χ1n) is 6.19. The third kappa shape index (κ3) is 6.72. The minimum Gasteiger partial charge on any atom is -0.262 e. The molecule has 0 bridgehead atoms. The average molecular weight is 231 g/mol. The molecular weight excluding hydrogens is 206 g/mol. The van der Waals surface area contributed by atoms with Crippen molar-refractivity contribution in [3.63, 3.8) is 0 Å². The maximum absolute atomic E-state index is 4.26. The van der Waals surface area contributed by atoms with Gasteiger partial charge in [-0.25, -0.2) is 0 Å². The van der Waals surface area contributed by atoms with Crippen molar-refractivity contribution in [3.8, 4) is 0 Å². The van der Waals surface area contributed by atoms with E-state index in [0.717, 1.165) is 17.7 Å². The maximum Gasteiger partial charge on any atom is 0.0428 e. The van der Waals surface area contributed by atoms with Crippen molar-refractivity contribution in [2.24, 2.45) is 16.8 Å². The van der Waals surface area contributed by atoms with Gasteiger partial charge in [-0.05, 0) is 31.3 Å². The van der Waals surface area contributed by atoms with E-state index < -0.39 is 0 Å². The molecule has 0 aromatic carbocycles. The summed E-state index contributed by atoms with van der Waals surface area (Å²) in [4.78, 5) is 4.26. The number of rotatable bonds is 7. The minimum absolute atomic E-state index is 0.405. The molecule has 0 spiro atoms. The predicted octanol–water partition coefficient (Wildman–Crippen LogP) is 4.94. The summed E-state index contributed by atoms with van der Waals surface area (Å²) in [5.41, 5.74) is 2.18. The molecule has 94 valence electrons. The molecule has 0 aromatic heterocycles. The van der Waals surface area contributed by atoms with Crippen LogP contribution in [0.5, 0.6) is 0 Å². The lowest BCUT2D eigenvalue weighted by Gasteiger charge is -2.09. The fourth-order valence-corrected chi connectivity index (χ4v) is 1.34. The van der Waals surface area contributed by atoms with Gasteiger partial charge < -0.3 is 0 Å². The molecule has 0 aliphatic heterocycles. The molecule has 0 aliphatic carbocycles. The number of hydrogen-bond acceptors (Lipinski definition) is 1. The quantitative estimate of drug-likeness (QED) is 0.334. The van der Waals surface area contributed by atoms with Crippen LogP contribution in [0.1, 0.15) is 34.1 Å². The van der Waals surface area contributed by atoms with Crippen LogP contribution in [0.4, 0.5) is 0 Å². The Bertz CT molecular complexity index is 329. The molecule has 0 saturated heterocycles. The molecule has 1 atom stereocenters. The number of nitrogens with zero attached hydrogens (tertiary/aromatic N) is 1. The fraction of sp³-hybridized carbons (Fsp3) is 0.438. The van der Waals surface area contributed by atoms with Crippen LogP contribution in [-0.2, 0) is 0 Å². The van der Waals surface area contributed by atoms with Gasteiger partial charge in [-0.1, -0.05) is 57.7 Å². The Morgan fingerprint density at radius 2 is 1.88 bits per heavy atom. The molecule has 1 unspecified atom stereocenters. The molecule has 0 fully saturated rings. The van der Waals surface area contributed by atoms with Crippen LogP contribution in [0, 0.1) is 11.8 Å². The zero-order valence-corrected chi connectivity index (χ0v) is 11.6. The Kier molecular flexibility index (Phi) is 8.04. The van der Waals surface area contributed by atoms with Crippen molar-refractivity contribution in [1.29, 1.82) is 0 Å². The standard InChI is InChI=1S/C16H25N/c1-7-9-10-14(5)15(6)11-12-16(13(3)4)17-8-2/h7-9,11-14H,2,6,10H2,1,3-5H3/b9-7+,12-11-,17-16+. The largest absolute Gasteiger partial charge is 0.262 e. The molecule has 0 aromatic rings. The second-order valence-corrected chi connectivity index (χ2v) is 4.51. The zero-order valence-electron chi connectivity index (χ0n) is 11.6. The molecule has 0 amide bonds.